The number of hydrogen-bond donors (Lipinski definition) is 2. The Morgan fingerprint density at radius 1 is 1.07 bits per heavy atom. The lowest BCUT2D eigenvalue weighted by atomic mass is 10.0. The maximum atomic E-state index is 9.14. The smallest absolute Gasteiger partial charge is 0.115 e. The molecule has 0 fully saturated rings. The number of rotatable bonds is 5. The molecule has 0 radical (unpaired) electrons. The van der Waals surface area contributed by atoms with Crippen LogP contribution in [0.3, 0.4) is 0 Å². The second kappa shape index (κ2) is 5.64. The topological polar surface area (TPSA) is 32.3 Å². The lowest BCUT2D eigenvalue weighted by Crippen LogP contribution is -2.15. The molecule has 2 N–H and O–H groups in total. The van der Waals surface area contributed by atoms with Gasteiger partial charge < -0.3 is 10.4 Å². The van der Waals surface area contributed by atoms with Gasteiger partial charge in [-0.05, 0) is 49.9 Å². The minimum absolute atomic E-state index is 0.315. The monoisotopic (exact) mass is 207 g/mol. The summed E-state index contributed by atoms with van der Waals surface area (Å²) in [5, 5.41) is 12.6. The number of aromatic hydroxyl groups is 1. The second-order valence-electron chi connectivity index (χ2n) is 4.56. The maximum Gasteiger partial charge on any atom is 0.115 e. The minimum Gasteiger partial charge on any atom is -0.508 e. The first-order valence-corrected chi connectivity index (χ1v) is 5.63. The van der Waals surface area contributed by atoms with Crippen molar-refractivity contribution < 1.29 is 5.11 Å². The number of nitrogens with one attached hydrogen (secondary N) is 1. The van der Waals surface area contributed by atoms with E-state index in [2.05, 4.69) is 26.1 Å². The molecule has 15 heavy (non-hydrogen) atoms. The van der Waals surface area contributed by atoms with Gasteiger partial charge in [-0.3, -0.25) is 0 Å². The molecule has 1 atom stereocenters. The number of hydrogen-bond acceptors (Lipinski definition) is 2. The third-order valence-electron chi connectivity index (χ3n) is 2.46. The van der Waals surface area contributed by atoms with Crippen LogP contribution in [-0.2, 0) is 0 Å². The predicted molar refractivity (Wildman–Crippen MR) is 65.3 cm³/mol. The lowest BCUT2D eigenvalue weighted by molar-refractivity contribution is 0.475. The first-order valence-electron chi connectivity index (χ1n) is 5.63. The fraction of sp³-hybridized carbons (Fsp3) is 0.538. The minimum atomic E-state index is 0.315. The largest absolute Gasteiger partial charge is 0.508 e. The Morgan fingerprint density at radius 2 is 1.67 bits per heavy atom. The van der Waals surface area contributed by atoms with E-state index in [1.807, 2.05) is 12.1 Å². The highest BCUT2D eigenvalue weighted by atomic mass is 16.3. The van der Waals surface area contributed by atoms with Crippen LogP contribution in [0.2, 0.25) is 0 Å². The Kier molecular flexibility index (Phi) is 4.47. The average Bonchev–Trinajstić information content (AvgIpc) is 2.19. The van der Waals surface area contributed by atoms with Crippen molar-refractivity contribution in [3.63, 3.8) is 0 Å². The van der Waals surface area contributed by atoms with Gasteiger partial charge in [0.2, 0.25) is 0 Å². The standard InChI is InChI=1S/C13H21NO/c1-10(2)4-5-11(3)14-12-6-8-13(15)9-7-12/h6-11,14-15H,4-5H2,1-3H3. The molecule has 0 aromatic heterocycles. The van der Waals surface area contributed by atoms with Gasteiger partial charge in [-0.1, -0.05) is 13.8 Å². The Labute approximate surface area is 92.3 Å². The zero-order valence-electron chi connectivity index (χ0n) is 9.83. The molecule has 1 aromatic carbocycles. The van der Waals surface area contributed by atoms with Crippen LogP contribution in [0.25, 0.3) is 0 Å². The number of anilines is 1. The molecule has 0 saturated heterocycles. The lowest BCUT2D eigenvalue weighted by Gasteiger charge is -2.16. The normalized spacial score (nSPS) is 12.8. The van der Waals surface area contributed by atoms with Gasteiger partial charge in [0, 0.05) is 11.7 Å². The third kappa shape index (κ3) is 4.73. The van der Waals surface area contributed by atoms with E-state index in [1.54, 1.807) is 12.1 Å². The van der Waals surface area contributed by atoms with Gasteiger partial charge in [-0.25, -0.2) is 0 Å². The molecule has 1 aromatic rings. The second-order valence-corrected chi connectivity index (χ2v) is 4.56. The van der Waals surface area contributed by atoms with Crippen LogP contribution in [0, 0.1) is 5.92 Å². The van der Waals surface area contributed by atoms with E-state index in [1.165, 1.54) is 12.8 Å². The summed E-state index contributed by atoms with van der Waals surface area (Å²) < 4.78 is 0. The first-order chi connectivity index (χ1) is 7.08. The molecule has 2 nitrogen and oxygen atoms in total. The Hall–Kier alpha value is -1.18. The van der Waals surface area contributed by atoms with Gasteiger partial charge in [-0.15, -0.1) is 0 Å². The highest BCUT2D eigenvalue weighted by Gasteiger charge is 2.03. The molecule has 84 valence electrons. The van der Waals surface area contributed by atoms with Crippen molar-refractivity contribution in [2.45, 2.75) is 39.7 Å². The Balaban J connectivity index is 2.37. The van der Waals surface area contributed by atoms with Crippen molar-refractivity contribution in [2.75, 3.05) is 5.32 Å². The van der Waals surface area contributed by atoms with Crippen LogP contribution in [0.5, 0.6) is 5.75 Å². The summed E-state index contributed by atoms with van der Waals surface area (Å²) in [5.41, 5.74) is 1.07. The van der Waals surface area contributed by atoms with Crippen LogP contribution in [0.15, 0.2) is 24.3 Å². The summed E-state index contributed by atoms with van der Waals surface area (Å²) >= 11 is 0. The van der Waals surface area contributed by atoms with Crippen LogP contribution in [0.4, 0.5) is 5.69 Å². The molecule has 0 saturated carbocycles. The van der Waals surface area contributed by atoms with Gasteiger partial charge in [0.15, 0.2) is 0 Å². The van der Waals surface area contributed by atoms with Crippen molar-refractivity contribution in [1.29, 1.82) is 0 Å². The molecule has 0 heterocycles. The fourth-order valence-electron chi connectivity index (χ4n) is 1.50. The summed E-state index contributed by atoms with van der Waals surface area (Å²) in [5.74, 6) is 1.07. The quantitative estimate of drug-likeness (QED) is 0.723. The molecule has 0 spiro atoms. The van der Waals surface area contributed by atoms with Gasteiger partial charge in [-0.2, -0.15) is 0 Å². The van der Waals surface area contributed by atoms with Crippen LogP contribution in [0.1, 0.15) is 33.6 Å². The Morgan fingerprint density at radius 3 is 2.20 bits per heavy atom. The maximum absolute atomic E-state index is 9.14. The predicted octanol–water partition coefficient (Wildman–Crippen LogP) is 3.63. The zero-order chi connectivity index (χ0) is 11.3. The van der Waals surface area contributed by atoms with Gasteiger partial charge in [0.1, 0.15) is 5.75 Å². The average molecular weight is 207 g/mol. The summed E-state index contributed by atoms with van der Waals surface area (Å²) in [4.78, 5) is 0. The van der Waals surface area contributed by atoms with E-state index in [4.69, 9.17) is 5.11 Å². The Bertz CT molecular complexity index is 279. The third-order valence-corrected chi connectivity index (χ3v) is 2.46. The van der Waals surface area contributed by atoms with E-state index in [9.17, 15) is 0 Å². The molecule has 1 unspecified atom stereocenters. The number of phenols is 1. The van der Waals surface area contributed by atoms with E-state index in [-0.39, 0.29) is 0 Å². The van der Waals surface area contributed by atoms with Gasteiger partial charge >= 0.3 is 0 Å². The molecular weight excluding hydrogens is 186 g/mol. The molecular formula is C13H21NO. The number of phenolic OH excluding ortho intramolecular Hbond substituents is 1. The molecule has 0 bridgehead atoms. The number of benzene rings is 1. The van der Waals surface area contributed by atoms with Crippen molar-refractivity contribution in [2.24, 2.45) is 5.92 Å². The SMILES string of the molecule is CC(C)CCC(C)Nc1ccc(O)cc1. The highest BCUT2D eigenvalue weighted by Crippen LogP contribution is 2.16. The van der Waals surface area contributed by atoms with Gasteiger partial charge in [0.25, 0.3) is 0 Å². The summed E-state index contributed by atoms with van der Waals surface area (Å²) in [7, 11) is 0. The summed E-state index contributed by atoms with van der Waals surface area (Å²) in [6, 6.07) is 7.70. The van der Waals surface area contributed by atoms with E-state index in [0.29, 0.717) is 11.8 Å². The molecule has 0 aliphatic carbocycles. The highest BCUT2D eigenvalue weighted by molar-refractivity contribution is 5.46. The van der Waals surface area contributed by atoms with Crippen molar-refractivity contribution >= 4 is 5.69 Å². The first kappa shape index (κ1) is 11.9. The van der Waals surface area contributed by atoms with E-state index < -0.39 is 0 Å². The molecule has 0 amide bonds. The van der Waals surface area contributed by atoms with Crippen LogP contribution in [-0.4, -0.2) is 11.1 Å². The van der Waals surface area contributed by atoms with Crippen molar-refractivity contribution in [1.82, 2.24) is 0 Å². The summed E-state index contributed by atoms with van der Waals surface area (Å²) in [6.45, 7) is 6.68. The fourth-order valence-corrected chi connectivity index (χ4v) is 1.50. The molecule has 2 heteroatoms. The molecule has 0 aliphatic rings. The zero-order valence-corrected chi connectivity index (χ0v) is 9.83. The summed E-state index contributed by atoms with van der Waals surface area (Å²) in [6.07, 6.45) is 2.42. The van der Waals surface area contributed by atoms with Crippen LogP contribution >= 0.6 is 0 Å². The van der Waals surface area contributed by atoms with Gasteiger partial charge in [0.05, 0.1) is 0 Å². The molecule has 0 aliphatic heterocycles. The van der Waals surface area contributed by atoms with Crippen molar-refractivity contribution in [3.05, 3.63) is 24.3 Å². The van der Waals surface area contributed by atoms with Crippen LogP contribution < -0.4 is 5.32 Å². The van der Waals surface area contributed by atoms with Crippen molar-refractivity contribution in [3.8, 4) is 5.75 Å². The van der Waals surface area contributed by atoms with E-state index in [0.717, 1.165) is 11.6 Å². The molecule has 1 rings (SSSR count). The van der Waals surface area contributed by atoms with E-state index >= 15 is 0 Å².